The van der Waals surface area contributed by atoms with E-state index in [4.69, 9.17) is 14.2 Å². The first-order valence-corrected chi connectivity index (χ1v) is 10.9. The van der Waals surface area contributed by atoms with Crippen LogP contribution >= 0.6 is 11.3 Å². The van der Waals surface area contributed by atoms with Gasteiger partial charge in [0.25, 0.3) is 5.91 Å². The van der Waals surface area contributed by atoms with Crippen LogP contribution in [0.15, 0.2) is 28.9 Å². The quantitative estimate of drug-likeness (QED) is 0.448. The Morgan fingerprint density at radius 1 is 1.13 bits per heavy atom. The van der Waals surface area contributed by atoms with Crippen molar-refractivity contribution in [3.63, 3.8) is 0 Å². The SMILES string of the molecule is CCOC(=O)c1sc(N2N=C(C)/C(=C\c3ccc(OCC)cc3OCC)C2=O)nc1C. The Morgan fingerprint density at radius 2 is 1.87 bits per heavy atom. The van der Waals surface area contributed by atoms with E-state index in [1.165, 1.54) is 5.01 Å². The molecule has 0 spiro atoms. The van der Waals surface area contributed by atoms with Crippen molar-refractivity contribution in [3.8, 4) is 11.5 Å². The topological polar surface area (TPSA) is 90.3 Å². The first-order valence-electron chi connectivity index (χ1n) is 10.0. The molecule has 1 aromatic heterocycles. The van der Waals surface area contributed by atoms with Crippen LogP contribution in [0, 0.1) is 6.92 Å². The van der Waals surface area contributed by atoms with E-state index in [0.717, 1.165) is 16.9 Å². The molecule has 0 atom stereocenters. The Hall–Kier alpha value is -3.20. The third kappa shape index (κ3) is 4.77. The second-order valence-electron chi connectivity index (χ2n) is 6.56. The molecule has 0 bridgehead atoms. The number of aromatic nitrogens is 1. The van der Waals surface area contributed by atoms with E-state index in [2.05, 4.69) is 10.1 Å². The van der Waals surface area contributed by atoms with E-state index in [0.29, 0.717) is 51.7 Å². The maximum absolute atomic E-state index is 13.1. The van der Waals surface area contributed by atoms with Gasteiger partial charge in [0.2, 0.25) is 5.13 Å². The highest BCUT2D eigenvalue weighted by Gasteiger charge is 2.32. The second-order valence-corrected chi connectivity index (χ2v) is 7.54. The van der Waals surface area contributed by atoms with Gasteiger partial charge in [0.15, 0.2) is 0 Å². The van der Waals surface area contributed by atoms with Gasteiger partial charge in [-0.25, -0.2) is 9.78 Å². The van der Waals surface area contributed by atoms with Gasteiger partial charge in [-0.15, -0.1) is 0 Å². The number of anilines is 1. The van der Waals surface area contributed by atoms with Gasteiger partial charge in [-0.2, -0.15) is 10.1 Å². The number of amides is 1. The molecule has 0 unspecified atom stereocenters. The van der Waals surface area contributed by atoms with Gasteiger partial charge in [0, 0.05) is 11.6 Å². The lowest BCUT2D eigenvalue weighted by molar-refractivity contribution is -0.114. The van der Waals surface area contributed by atoms with Gasteiger partial charge in [0.1, 0.15) is 16.4 Å². The van der Waals surface area contributed by atoms with Crippen LogP contribution in [0.1, 0.15) is 48.6 Å². The summed E-state index contributed by atoms with van der Waals surface area (Å²) in [4.78, 5) is 29.9. The molecule has 0 fully saturated rings. The minimum Gasteiger partial charge on any atom is -0.494 e. The molecule has 0 saturated heterocycles. The number of carbonyl (C=O) groups excluding carboxylic acids is 2. The van der Waals surface area contributed by atoms with Crippen LogP contribution in [0.2, 0.25) is 0 Å². The number of esters is 1. The highest BCUT2D eigenvalue weighted by atomic mass is 32.1. The van der Waals surface area contributed by atoms with Crippen LogP contribution < -0.4 is 14.5 Å². The maximum atomic E-state index is 13.1. The Labute approximate surface area is 185 Å². The first-order chi connectivity index (χ1) is 14.9. The Balaban J connectivity index is 1.92. The van der Waals surface area contributed by atoms with E-state index in [1.807, 2.05) is 26.0 Å². The number of nitrogens with zero attached hydrogens (tertiary/aromatic N) is 3. The van der Waals surface area contributed by atoms with E-state index in [9.17, 15) is 9.59 Å². The fourth-order valence-electron chi connectivity index (χ4n) is 3.00. The fraction of sp³-hybridized carbons (Fsp3) is 0.364. The third-order valence-electron chi connectivity index (χ3n) is 4.39. The zero-order valence-corrected chi connectivity index (χ0v) is 19.0. The van der Waals surface area contributed by atoms with Gasteiger partial charge in [0.05, 0.1) is 36.8 Å². The molecule has 0 radical (unpaired) electrons. The normalized spacial score (nSPS) is 14.7. The average molecular weight is 444 g/mol. The van der Waals surface area contributed by atoms with Crippen LogP contribution in [0.4, 0.5) is 5.13 Å². The molecule has 164 valence electrons. The van der Waals surface area contributed by atoms with Gasteiger partial charge in [-0.05, 0) is 52.8 Å². The van der Waals surface area contributed by atoms with Gasteiger partial charge < -0.3 is 14.2 Å². The summed E-state index contributed by atoms with van der Waals surface area (Å²) < 4.78 is 16.3. The van der Waals surface area contributed by atoms with Gasteiger partial charge in [-0.3, -0.25) is 4.79 Å². The number of thiazole rings is 1. The number of ether oxygens (including phenoxy) is 3. The van der Waals surface area contributed by atoms with Crippen LogP contribution in [0.5, 0.6) is 11.5 Å². The number of carbonyl (C=O) groups is 2. The van der Waals surface area contributed by atoms with Crippen molar-refractivity contribution in [2.24, 2.45) is 5.10 Å². The monoisotopic (exact) mass is 443 g/mol. The van der Waals surface area contributed by atoms with Crippen molar-refractivity contribution in [2.75, 3.05) is 24.8 Å². The number of hydrazone groups is 1. The van der Waals surface area contributed by atoms with Gasteiger partial charge >= 0.3 is 5.97 Å². The summed E-state index contributed by atoms with van der Waals surface area (Å²) in [6.07, 6.45) is 1.74. The summed E-state index contributed by atoms with van der Waals surface area (Å²) in [5.74, 6) is 0.540. The summed E-state index contributed by atoms with van der Waals surface area (Å²) >= 11 is 1.08. The number of rotatable bonds is 8. The lowest BCUT2D eigenvalue weighted by Crippen LogP contribution is -2.21. The largest absolute Gasteiger partial charge is 0.494 e. The van der Waals surface area contributed by atoms with Crippen LogP contribution in [-0.2, 0) is 9.53 Å². The number of benzene rings is 1. The number of hydrogen-bond donors (Lipinski definition) is 0. The average Bonchev–Trinajstić information content (AvgIpc) is 3.25. The molecule has 2 heterocycles. The minimum absolute atomic E-state index is 0.266. The smallest absolute Gasteiger partial charge is 0.350 e. The summed E-state index contributed by atoms with van der Waals surface area (Å²) in [5.41, 5.74) is 2.22. The van der Waals surface area contributed by atoms with E-state index < -0.39 is 5.97 Å². The highest BCUT2D eigenvalue weighted by Crippen LogP contribution is 2.33. The summed E-state index contributed by atoms with van der Waals surface area (Å²) in [6, 6.07) is 5.48. The first kappa shape index (κ1) is 22.5. The molecule has 1 amide bonds. The van der Waals surface area contributed by atoms with Gasteiger partial charge in [-0.1, -0.05) is 11.3 Å². The van der Waals surface area contributed by atoms with Crippen molar-refractivity contribution >= 4 is 40.1 Å². The summed E-state index contributed by atoms with van der Waals surface area (Å²) in [6.45, 7) is 10.3. The number of hydrogen-bond acceptors (Lipinski definition) is 8. The molecule has 1 aromatic carbocycles. The van der Waals surface area contributed by atoms with Crippen molar-refractivity contribution in [3.05, 3.63) is 39.9 Å². The number of aryl methyl sites for hydroxylation is 1. The molecule has 0 N–H and O–H groups in total. The summed E-state index contributed by atoms with van der Waals surface area (Å²) in [7, 11) is 0. The molecule has 2 aromatic rings. The lowest BCUT2D eigenvalue weighted by Gasteiger charge is -2.11. The Kier molecular flexibility index (Phi) is 7.06. The maximum Gasteiger partial charge on any atom is 0.350 e. The van der Waals surface area contributed by atoms with Crippen molar-refractivity contribution in [1.82, 2.24) is 4.98 Å². The highest BCUT2D eigenvalue weighted by molar-refractivity contribution is 7.17. The van der Waals surface area contributed by atoms with Crippen molar-refractivity contribution in [1.29, 1.82) is 0 Å². The molecular weight excluding hydrogens is 418 g/mol. The van der Waals surface area contributed by atoms with Crippen molar-refractivity contribution in [2.45, 2.75) is 34.6 Å². The predicted molar refractivity (Wildman–Crippen MR) is 120 cm³/mol. The molecule has 8 nitrogen and oxygen atoms in total. The summed E-state index contributed by atoms with van der Waals surface area (Å²) in [5, 5.41) is 5.91. The Morgan fingerprint density at radius 3 is 2.55 bits per heavy atom. The molecule has 0 saturated carbocycles. The van der Waals surface area contributed by atoms with E-state index in [1.54, 1.807) is 32.9 Å². The molecular formula is C22H25N3O5S. The molecule has 1 aliphatic heterocycles. The van der Waals surface area contributed by atoms with Crippen molar-refractivity contribution < 1.29 is 23.8 Å². The zero-order chi connectivity index (χ0) is 22.5. The molecule has 1 aliphatic rings. The standard InChI is InChI=1S/C22H25N3O5S/c1-6-28-16-10-9-15(18(12-16)29-7-2)11-17-13(4)24-25(20(17)26)22-23-14(5)19(31-22)21(27)30-8-3/h9-12H,6-8H2,1-5H3/b17-11+. The molecule has 3 rings (SSSR count). The minimum atomic E-state index is -0.456. The molecule has 9 heteroatoms. The zero-order valence-electron chi connectivity index (χ0n) is 18.2. The van der Waals surface area contributed by atoms with E-state index >= 15 is 0 Å². The van der Waals surface area contributed by atoms with Crippen LogP contribution in [0.25, 0.3) is 6.08 Å². The van der Waals surface area contributed by atoms with Crippen LogP contribution in [0.3, 0.4) is 0 Å². The lowest BCUT2D eigenvalue weighted by atomic mass is 10.1. The molecule has 31 heavy (non-hydrogen) atoms. The molecule has 0 aliphatic carbocycles. The Bertz CT molecular complexity index is 1060. The fourth-order valence-corrected chi connectivity index (χ4v) is 3.91. The van der Waals surface area contributed by atoms with Crippen LogP contribution in [-0.4, -0.2) is 42.4 Å². The third-order valence-corrected chi connectivity index (χ3v) is 5.50. The predicted octanol–water partition coefficient (Wildman–Crippen LogP) is 4.23. The van der Waals surface area contributed by atoms with E-state index in [-0.39, 0.29) is 12.5 Å². The second kappa shape index (κ2) is 9.74.